The summed E-state index contributed by atoms with van der Waals surface area (Å²) in [7, 11) is 0. The third-order valence-electron chi connectivity index (χ3n) is 3.77. The van der Waals surface area contributed by atoms with Crippen molar-refractivity contribution in [3.63, 3.8) is 0 Å². The molecule has 1 fully saturated rings. The number of hydrogen-bond acceptors (Lipinski definition) is 2. The van der Waals surface area contributed by atoms with Crippen LogP contribution >= 0.6 is 0 Å². The van der Waals surface area contributed by atoms with Crippen molar-refractivity contribution in [2.24, 2.45) is 0 Å². The van der Waals surface area contributed by atoms with Crippen LogP contribution in [0.2, 0.25) is 0 Å². The van der Waals surface area contributed by atoms with Crippen molar-refractivity contribution in [1.82, 2.24) is 5.32 Å². The lowest BCUT2D eigenvalue weighted by Gasteiger charge is -2.37. The predicted octanol–water partition coefficient (Wildman–Crippen LogP) is 2.60. The quantitative estimate of drug-likeness (QED) is 0.819. The first-order valence-electron chi connectivity index (χ1n) is 6.67. The molecule has 0 aromatic heterocycles. The highest BCUT2D eigenvalue weighted by Gasteiger charge is 2.29. The van der Waals surface area contributed by atoms with Crippen LogP contribution in [0.5, 0.6) is 0 Å². The molecular weight excluding hydrogens is 210 g/mol. The highest BCUT2D eigenvalue weighted by molar-refractivity contribution is 5.27. The van der Waals surface area contributed by atoms with Crippen molar-refractivity contribution < 1.29 is 5.11 Å². The zero-order chi connectivity index (χ0) is 12.3. The van der Waals surface area contributed by atoms with Crippen molar-refractivity contribution >= 4 is 0 Å². The van der Waals surface area contributed by atoms with Crippen molar-refractivity contribution in [1.29, 1.82) is 0 Å². The minimum absolute atomic E-state index is 0.187. The molecular formula is C15H23NO. The minimum atomic E-state index is -0.187. The van der Waals surface area contributed by atoms with Gasteiger partial charge in [-0.05, 0) is 37.7 Å². The minimum Gasteiger partial charge on any atom is -0.392 e. The van der Waals surface area contributed by atoms with E-state index in [-0.39, 0.29) is 6.10 Å². The number of rotatable bonds is 5. The van der Waals surface area contributed by atoms with Gasteiger partial charge in [-0.2, -0.15) is 0 Å². The Kier molecular flexibility index (Phi) is 4.19. The second kappa shape index (κ2) is 5.65. The Labute approximate surface area is 104 Å². The van der Waals surface area contributed by atoms with Crippen molar-refractivity contribution in [2.75, 3.05) is 6.54 Å². The average molecular weight is 233 g/mol. The van der Waals surface area contributed by atoms with Gasteiger partial charge in [-0.3, -0.25) is 0 Å². The van der Waals surface area contributed by atoms with Gasteiger partial charge in [-0.15, -0.1) is 0 Å². The summed E-state index contributed by atoms with van der Waals surface area (Å²) in [5.74, 6) is 0.714. The zero-order valence-corrected chi connectivity index (χ0v) is 10.8. The lowest BCUT2D eigenvalue weighted by molar-refractivity contribution is 0.151. The lowest BCUT2D eigenvalue weighted by atomic mass is 9.75. The summed E-state index contributed by atoms with van der Waals surface area (Å²) in [5.41, 5.74) is 2.82. The lowest BCUT2D eigenvalue weighted by Crippen LogP contribution is -2.43. The van der Waals surface area contributed by atoms with E-state index < -0.39 is 0 Å². The molecule has 17 heavy (non-hydrogen) atoms. The maximum atomic E-state index is 9.48. The van der Waals surface area contributed by atoms with Gasteiger partial charge >= 0.3 is 0 Å². The molecule has 1 aliphatic carbocycles. The van der Waals surface area contributed by atoms with Crippen LogP contribution in [0.15, 0.2) is 24.3 Å². The second-order valence-corrected chi connectivity index (χ2v) is 5.25. The number of hydrogen-bond donors (Lipinski definition) is 2. The number of aliphatic hydroxyl groups excluding tert-OH is 1. The van der Waals surface area contributed by atoms with E-state index in [1.807, 2.05) is 6.92 Å². The smallest absolute Gasteiger partial charge is 0.0662 e. The van der Waals surface area contributed by atoms with Crippen LogP contribution in [-0.2, 0) is 0 Å². The fourth-order valence-electron chi connectivity index (χ4n) is 2.43. The molecule has 0 amide bonds. The van der Waals surface area contributed by atoms with Crippen molar-refractivity contribution in [3.8, 4) is 0 Å². The van der Waals surface area contributed by atoms with Crippen molar-refractivity contribution in [2.45, 2.75) is 51.2 Å². The van der Waals surface area contributed by atoms with Gasteiger partial charge in [-0.1, -0.05) is 36.8 Å². The standard InChI is InChI=1S/C15H23NO/c1-3-15(17)10-16-14-8-13(9-14)12-6-4-5-11(2)7-12/h4-7,13-17H,3,8-10H2,1-2H3. The fourth-order valence-corrected chi connectivity index (χ4v) is 2.43. The van der Waals surface area contributed by atoms with E-state index in [9.17, 15) is 5.11 Å². The predicted molar refractivity (Wildman–Crippen MR) is 71.2 cm³/mol. The molecule has 0 heterocycles. The Balaban J connectivity index is 1.75. The maximum absolute atomic E-state index is 9.48. The van der Waals surface area contributed by atoms with Crippen LogP contribution in [0.4, 0.5) is 0 Å². The van der Waals surface area contributed by atoms with Crippen LogP contribution in [0, 0.1) is 6.92 Å². The van der Waals surface area contributed by atoms with Crippen LogP contribution < -0.4 is 5.32 Å². The van der Waals surface area contributed by atoms with Gasteiger partial charge in [0.15, 0.2) is 0 Å². The molecule has 94 valence electrons. The molecule has 1 aliphatic rings. The van der Waals surface area contributed by atoms with Gasteiger partial charge in [0.25, 0.3) is 0 Å². The maximum Gasteiger partial charge on any atom is 0.0662 e. The van der Waals surface area contributed by atoms with E-state index in [0.29, 0.717) is 12.0 Å². The van der Waals surface area contributed by atoms with Gasteiger partial charge in [0.2, 0.25) is 0 Å². The van der Waals surface area contributed by atoms with Gasteiger partial charge in [0.1, 0.15) is 0 Å². The van der Waals surface area contributed by atoms with Gasteiger partial charge in [-0.25, -0.2) is 0 Å². The number of aryl methyl sites for hydroxylation is 1. The first kappa shape index (κ1) is 12.6. The zero-order valence-electron chi connectivity index (χ0n) is 10.8. The first-order chi connectivity index (χ1) is 8.19. The molecule has 0 aliphatic heterocycles. The monoisotopic (exact) mass is 233 g/mol. The van der Waals surface area contributed by atoms with Crippen LogP contribution in [0.3, 0.4) is 0 Å². The molecule has 1 unspecified atom stereocenters. The summed E-state index contributed by atoms with van der Waals surface area (Å²) >= 11 is 0. The number of aliphatic hydroxyl groups is 1. The van der Waals surface area contributed by atoms with E-state index in [0.717, 1.165) is 13.0 Å². The summed E-state index contributed by atoms with van der Waals surface area (Å²) < 4.78 is 0. The van der Waals surface area contributed by atoms with Crippen molar-refractivity contribution in [3.05, 3.63) is 35.4 Å². The summed E-state index contributed by atoms with van der Waals surface area (Å²) in [6.07, 6.45) is 3.06. The molecule has 0 bridgehead atoms. The van der Waals surface area contributed by atoms with Crippen LogP contribution in [0.25, 0.3) is 0 Å². The van der Waals surface area contributed by atoms with Gasteiger partial charge in [0, 0.05) is 12.6 Å². The molecule has 1 aromatic rings. The molecule has 0 saturated heterocycles. The van der Waals surface area contributed by atoms with Gasteiger partial charge in [0.05, 0.1) is 6.10 Å². The Morgan fingerprint density at radius 2 is 2.18 bits per heavy atom. The summed E-state index contributed by atoms with van der Waals surface area (Å²) in [6, 6.07) is 9.42. The molecule has 1 aromatic carbocycles. The van der Waals surface area contributed by atoms with E-state index in [1.54, 1.807) is 0 Å². The third kappa shape index (κ3) is 3.30. The van der Waals surface area contributed by atoms with Crippen LogP contribution in [-0.4, -0.2) is 23.8 Å². The Morgan fingerprint density at radius 3 is 2.82 bits per heavy atom. The molecule has 2 rings (SSSR count). The molecule has 2 heteroatoms. The molecule has 1 atom stereocenters. The Hall–Kier alpha value is -0.860. The molecule has 0 spiro atoms. The Morgan fingerprint density at radius 1 is 1.41 bits per heavy atom. The largest absolute Gasteiger partial charge is 0.392 e. The number of nitrogens with one attached hydrogen (secondary N) is 1. The molecule has 1 saturated carbocycles. The normalized spacial score (nSPS) is 25.4. The van der Waals surface area contributed by atoms with Gasteiger partial charge < -0.3 is 10.4 Å². The summed E-state index contributed by atoms with van der Waals surface area (Å²) in [4.78, 5) is 0. The topological polar surface area (TPSA) is 32.3 Å². The summed E-state index contributed by atoms with van der Waals surface area (Å²) in [6.45, 7) is 4.90. The SMILES string of the molecule is CCC(O)CNC1CC(c2cccc(C)c2)C1. The van der Waals surface area contributed by atoms with E-state index >= 15 is 0 Å². The van der Waals surface area contributed by atoms with Crippen LogP contribution in [0.1, 0.15) is 43.2 Å². The van der Waals surface area contributed by atoms with E-state index in [4.69, 9.17) is 0 Å². The highest BCUT2D eigenvalue weighted by atomic mass is 16.3. The second-order valence-electron chi connectivity index (χ2n) is 5.25. The summed E-state index contributed by atoms with van der Waals surface area (Å²) in [5, 5.41) is 12.9. The molecule has 2 nitrogen and oxygen atoms in total. The highest BCUT2D eigenvalue weighted by Crippen LogP contribution is 2.36. The first-order valence-corrected chi connectivity index (χ1v) is 6.67. The Bertz CT molecular complexity index is 358. The molecule has 0 radical (unpaired) electrons. The average Bonchev–Trinajstić information content (AvgIpc) is 2.26. The molecule has 2 N–H and O–H groups in total. The van der Waals surface area contributed by atoms with E-state index in [1.165, 1.54) is 24.0 Å². The fraction of sp³-hybridized carbons (Fsp3) is 0.600. The van der Waals surface area contributed by atoms with E-state index in [2.05, 4.69) is 36.5 Å². The third-order valence-corrected chi connectivity index (χ3v) is 3.77. The number of benzene rings is 1.